The SMILES string of the molecule is O=S(=O)(c1ccc(CBr)cc1)C1CCCN1. The second kappa shape index (κ2) is 4.85. The van der Waals surface area contributed by atoms with Gasteiger partial charge in [-0.3, -0.25) is 0 Å². The number of nitrogens with one attached hydrogen (secondary N) is 1. The van der Waals surface area contributed by atoms with Gasteiger partial charge in [-0.1, -0.05) is 28.1 Å². The van der Waals surface area contributed by atoms with Gasteiger partial charge in [0.25, 0.3) is 0 Å². The summed E-state index contributed by atoms with van der Waals surface area (Å²) in [6, 6.07) is 7.06. The van der Waals surface area contributed by atoms with Crippen LogP contribution in [-0.4, -0.2) is 20.3 Å². The molecule has 1 atom stereocenters. The molecule has 0 bridgehead atoms. The average molecular weight is 304 g/mol. The van der Waals surface area contributed by atoms with Gasteiger partial charge < -0.3 is 5.32 Å². The largest absolute Gasteiger partial charge is 0.301 e. The van der Waals surface area contributed by atoms with Crippen LogP contribution in [0.25, 0.3) is 0 Å². The maximum absolute atomic E-state index is 12.2. The van der Waals surface area contributed by atoms with Crippen molar-refractivity contribution in [2.75, 3.05) is 6.54 Å². The minimum atomic E-state index is -3.19. The van der Waals surface area contributed by atoms with Crippen LogP contribution in [0.15, 0.2) is 29.2 Å². The highest BCUT2D eigenvalue weighted by Gasteiger charge is 2.29. The Kier molecular flexibility index (Phi) is 3.66. The van der Waals surface area contributed by atoms with Crippen molar-refractivity contribution in [3.63, 3.8) is 0 Å². The van der Waals surface area contributed by atoms with Crippen LogP contribution >= 0.6 is 15.9 Å². The number of hydrogen-bond donors (Lipinski definition) is 1. The van der Waals surface area contributed by atoms with Crippen molar-refractivity contribution < 1.29 is 8.42 Å². The maximum atomic E-state index is 12.2. The zero-order valence-electron chi connectivity index (χ0n) is 8.82. The topological polar surface area (TPSA) is 46.2 Å². The summed E-state index contributed by atoms with van der Waals surface area (Å²) in [4.78, 5) is 0.414. The van der Waals surface area contributed by atoms with Crippen LogP contribution < -0.4 is 5.32 Å². The summed E-state index contributed by atoms with van der Waals surface area (Å²) in [7, 11) is -3.19. The molecule has 2 rings (SSSR count). The van der Waals surface area contributed by atoms with Gasteiger partial charge in [0.2, 0.25) is 0 Å². The van der Waals surface area contributed by atoms with Crippen LogP contribution in [0.5, 0.6) is 0 Å². The molecule has 0 spiro atoms. The van der Waals surface area contributed by atoms with Gasteiger partial charge in [0.1, 0.15) is 5.37 Å². The highest BCUT2D eigenvalue weighted by molar-refractivity contribution is 9.08. The van der Waals surface area contributed by atoms with Crippen molar-refractivity contribution >= 4 is 25.8 Å². The Bertz CT molecular complexity index is 449. The van der Waals surface area contributed by atoms with Crippen LogP contribution in [0, 0.1) is 0 Å². The molecule has 1 N–H and O–H groups in total. The molecule has 1 aromatic carbocycles. The van der Waals surface area contributed by atoms with E-state index >= 15 is 0 Å². The third kappa shape index (κ3) is 2.31. The fourth-order valence-electron chi connectivity index (χ4n) is 1.85. The van der Waals surface area contributed by atoms with Crippen molar-refractivity contribution in [2.45, 2.75) is 28.4 Å². The van der Waals surface area contributed by atoms with E-state index in [4.69, 9.17) is 0 Å². The highest BCUT2D eigenvalue weighted by atomic mass is 79.9. The lowest BCUT2D eigenvalue weighted by Crippen LogP contribution is -2.30. The number of halogens is 1. The zero-order chi connectivity index (χ0) is 11.6. The van der Waals surface area contributed by atoms with Crippen LogP contribution in [0.1, 0.15) is 18.4 Å². The van der Waals surface area contributed by atoms with Gasteiger partial charge in [0.15, 0.2) is 9.84 Å². The molecule has 88 valence electrons. The smallest absolute Gasteiger partial charge is 0.194 e. The Balaban J connectivity index is 2.28. The third-order valence-corrected chi connectivity index (χ3v) is 5.52. The molecule has 1 fully saturated rings. The Hall–Kier alpha value is -0.390. The van der Waals surface area contributed by atoms with E-state index in [0.717, 1.165) is 23.9 Å². The van der Waals surface area contributed by atoms with Crippen LogP contribution in [0.2, 0.25) is 0 Å². The van der Waals surface area contributed by atoms with Crippen molar-refractivity contribution in [1.82, 2.24) is 5.32 Å². The Labute approximate surface area is 104 Å². The molecule has 1 aliphatic heterocycles. The van der Waals surface area contributed by atoms with Crippen molar-refractivity contribution in [3.05, 3.63) is 29.8 Å². The maximum Gasteiger partial charge on any atom is 0.194 e. The first kappa shape index (κ1) is 12.1. The number of alkyl halides is 1. The molecule has 0 amide bonds. The van der Waals surface area contributed by atoms with Gasteiger partial charge in [-0.2, -0.15) is 0 Å². The molecule has 1 saturated heterocycles. The second-order valence-corrected chi connectivity index (χ2v) is 6.60. The number of hydrogen-bond acceptors (Lipinski definition) is 3. The predicted octanol–water partition coefficient (Wildman–Crippen LogP) is 2.06. The van der Waals surface area contributed by atoms with Gasteiger partial charge in [0.05, 0.1) is 4.90 Å². The number of sulfone groups is 1. The van der Waals surface area contributed by atoms with E-state index in [1.54, 1.807) is 12.1 Å². The van der Waals surface area contributed by atoms with Crippen molar-refractivity contribution in [2.24, 2.45) is 0 Å². The van der Waals surface area contributed by atoms with E-state index in [1.807, 2.05) is 12.1 Å². The molecule has 1 heterocycles. The predicted molar refractivity (Wildman–Crippen MR) is 67.3 cm³/mol. The summed E-state index contributed by atoms with van der Waals surface area (Å²) in [5.41, 5.74) is 1.08. The van der Waals surface area contributed by atoms with Gasteiger partial charge in [0, 0.05) is 5.33 Å². The number of benzene rings is 1. The van der Waals surface area contributed by atoms with Gasteiger partial charge in [-0.05, 0) is 37.1 Å². The van der Waals surface area contributed by atoms with Crippen LogP contribution in [-0.2, 0) is 15.2 Å². The van der Waals surface area contributed by atoms with E-state index in [1.165, 1.54) is 0 Å². The minimum Gasteiger partial charge on any atom is -0.301 e. The molecule has 16 heavy (non-hydrogen) atoms. The molecular weight excluding hydrogens is 290 g/mol. The molecule has 0 radical (unpaired) electrons. The lowest BCUT2D eigenvalue weighted by molar-refractivity contribution is 0.571. The molecular formula is C11H14BrNO2S. The van der Waals surface area contributed by atoms with Crippen LogP contribution in [0.4, 0.5) is 0 Å². The molecule has 1 aromatic rings. The fourth-order valence-corrected chi connectivity index (χ4v) is 3.88. The van der Waals surface area contributed by atoms with Gasteiger partial charge >= 0.3 is 0 Å². The average Bonchev–Trinajstić information content (AvgIpc) is 2.83. The fraction of sp³-hybridized carbons (Fsp3) is 0.455. The molecule has 3 nitrogen and oxygen atoms in total. The summed E-state index contributed by atoms with van der Waals surface area (Å²) >= 11 is 3.34. The Morgan fingerprint density at radius 3 is 2.50 bits per heavy atom. The van der Waals surface area contributed by atoms with E-state index in [9.17, 15) is 8.42 Å². The van der Waals surface area contributed by atoms with E-state index < -0.39 is 15.2 Å². The third-order valence-electron chi connectivity index (χ3n) is 2.80. The highest BCUT2D eigenvalue weighted by Crippen LogP contribution is 2.21. The quantitative estimate of drug-likeness (QED) is 0.870. The van der Waals surface area contributed by atoms with E-state index in [0.29, 0.717) is 11.3 Å². The normalized spacial score (nSPS) is 21.2. The molecule has 0 aliphatic carbocycles. The summed E-state index contributed by atoms with van der Waals surface area (Å²) in [6.45, 7) is 0.795. The summed E-state index contributed by atoms with van der Waals surface area (Å²) < 4.78 is 24.3. The minimum absolute atomic E-state index is 0.401. The summed E-state index contributed by atoms with van der Waals surface area (Å²) in [5.74, 6) is 0. The Morgan fingerprint density at radius 1 is 1.31 bits per heavy atom. The second-order valence-electron chi connectivity index (χ2n) is 3.91. The summed E-state index contributed by atoms with van der Waals surface area (Å²) in [5, 5.41) is 3.37. The Morgan fingerprint density at radius 2 is 2.00 bits per heavy atom. The zero-order valence-corrected chi connectivity index (χ0v) is 11.2. The number of rotatable bonds is 3. The van der Waals surface area contributed by atoms with E-state index in [2.05, 4.69) is 21.2 Å². The first-order chi connectivity index (χ1) is 7.64. The first-order valence-corrected chi connectivity index (χ1v) is 7.93. The van der Waals surface area contributed by atoms with Crippen molar-refractivity contribution in [3.8, 4) is 0 Å². The molecule has 0 saturated carbocycles. The molecule has 1 aliphatic rings. The standard InChI is InChI=1S/C11H14BrNO2S/c12-8-9-3-5-10(6-4-9)16(14,15)11-2-1-7-13-11/h3-6,11,13H,1-2,7-8H2. The van der Waals surface area contributed by atoms with Gasteiger partial charge in [-0.25, -0.2) is 8.42 Å². The lowest BCUT2D eigenvalue weighted by Gasteiger charge is -2.11. The lowest BCUT2D eigenvalue weighted by atomic mass is 10.2. The monoisotopic (exact) mass is 303 g/mol. The van der Waals surface area contributed by atoms with Gasteiger partial charge in [-0.15, -0.1) is 0 Å². The van der Waals surface area contributed by atoms with Crippen LogP contribution in [0.3, 0.4) is 0 Å². The molecule has 0 aromatic heterocycles. The first-order valence-electron chi connectivity index (χ1n) is 5.27. The molecule has 1 unspecified atom stereocenters. The van der Waals surface area contributed by atoms with E-state index in [-0.39, 0.29) is 0 Å². The summed E-state index contributed by atoms with van der Waals surface area (Å²) in [6.07, 6.45) is 1.64. The van der Waals surface area contributed by atoms with Crippen molar-refractivity contribution in [1.29, 1.82) is 0 Å². The molecule has 5 heteroatoms.